The van der Waals surface area contributed by atoms with Crippen molar-refractivity contribution in [3.63, 3.8) is 0 Å². The van der Waals surface area contributed by atoms with Gasteiger partial charge < -0.3 is 25.8 Å². The summed E-state index contributed by atoms with van der Waals surface area (Å²) >= 11 is 0. The van der Waals surface area contributed by atoms with Crippen molar-refractivity contribution in [1.82, 2.24) is 10.2 Å². The maximum absolute atomic E-state index is 12.2. The molecule has 0 aliphatic carbocycles. The molecule has 160 valence electrons. The minimum Gasteiger partial charge on any atom is -0.387 e. The molecule has 1 amide bonds. The van der Waals surface area contributed by atoms with Crippen molar-refractivity contribution in [2.45, 2.75) is 44.0 Å². The van der Waals surface area contributed by atoms with Crippen LogP contribution in [0.5, 0.6) is 0 Å². The SMILES string of the molecule is Cl.Cl.NC[C@H]1CC[C@@H](C(=O)NCC2CCN(CC(O)c3ccccc3)CC2)O1. The van der Waals surface area contributed by atoms with Crippen molar-refractivity contribution >= 4 is 30.7 Å². The van der Waals surface area contributed by atoms with Gasteiger partial charge in [0, 0.05) is 19.6 Å². The maximum Gasteiger partial charge on any atom is 0.249 e. The van der Waals surface area contributed by atoms with Crippen LogP contribution in [-0.2, 0) is 9.53 Å². The van der Waals surface area contributed by atoms with Gasteiger partial charge in [-0.3, -0.25) is 4.79 Å². The number of likely N-dealkylation sites (tertiary alicyclic amines) is 1. The molecule has 1 aromatic rings. The second-order valence-electron chi connectivity index (χ2n) is 7.48. The molecule has 0 spiro atoms. The number of carbonyl (C=O) groups is 1. The molecule has 2 saturated heterocycles. The van der Waals surface area contributed by atoms with E-state index in [0.29, 0.717) is 25.6 Å². The van der Waals surface area contributed by atoms with Gasteiger partial charge in [-0.05, 0) is 50.3 Å². The Balaban J connectivity index is 0.00000196. The number of carbonyl (C=O) groups excluding carboxylic acids is 1. The first-order valence-electron chi connectivity index (χ1n) is 9.74. The summed E-state index contributed by atoms with van der Waals surface area (Å²) in [6.07, 6.45) is 2.98. The fourth-order valence-corrected chi connectivity index (χ4v) is 3.83. The van der Waals surface area contributed by atoms with Gasteiger partial charge >= 0.3 is 0 Å². The number of nitrogens with zero attached hydrogens (tertiary/aromatic N) is 1. The number of nitrogens with one attached hydrogen (secondary N) is 1. The lowest BCUT2D eigenvalue weighted by molar-refractivity contribution is -0.132. The first-order valence-corrected chi connectivity index (χ1v) is 9.74. The number of β-amino-alcohol motifs (C(OH)–C–C–N with tert-alkyl or cyclic N) is 1. The summed E-state index contributed by atoms with van der Waals surface area (Å²) < 4.78 is 5.64. The molecule has 0 aromatic heterocycles. The zero-order valence-electron chi connectivity index (χ0n) is 16.2. The maximum atomic E-state index is 12.2. The van der Waals surface area contributed by atoms with E-state index in [1.165, 1.54) is 0 Å². The first kappa shape index (κ1) is 25.1. The number of halogens is 2. The number of aliphatic hydroxyl groups is 1. The van der Waals surface area contributed by atoms with Crippen molar-refractivity contribution in [2.24, 2.45) is 11.7 Å². The van der Waals surface area contributed by atoms with E-state index < -0.39 is 6.10 Å². The molecule has 3 atom stereocenters. The van der Waals surface area contributed by atoms with Gasteiger partial charge in [0.25, 0.3) is 0 Å². The molecule has 0 bridgehead atoms. The van der Waals surface area contributed by atoms with E-state index in [9.17, 15) is 9.90 Å². The molecule has 4 N–H and O–H groups in total. The molecule has 28 heavy (non-hydrogen) atoms. The summed E-state index contributed by atoms with van der Waals surface area (Å²) in [6, 6.07) is 9.80. The van der Waals surface area contributed by atoms with Crippen LogP contribution in [0.3, 0.4) is 0 Å². The molecule has 3 rings (SSSR count). The van der Waals surface area contributed by atoms with Crippen molar-refractivity contribution in [3.8, 4) is 0 Å². The normalized spacial score (nSPS) is 24.1. The fourth-order valence-electron chi connectivity index (χ4n) is 3.83. The van der Waals surface area contributed by atoms with E-state index in [0.717, 1.165) is 44.3 Å². The summed E-state index contributed by atoms with van der Waals surface area (Å²) in [4.78, 5) is 14.5. The van der Waals surface area contributed by atoms with E-state index in [1.807, 2.05) is 30.3 Å². The van der Waals surface area contributed by atoms with E-state index in [2.05, 4.69) is 10.2 Å². The highest BCUT2D eigenvalue weighted by atomic mass is 35.5. The van der Waals surface area contributed by atoms with Gasteiger partial charge in [-0.25, -0.2) is 0 Å². The average molecular weight is 434 g/mol. The van der Waals surface area contributed by atoms with Crippen LogP contribution in [0.25, 0.3) is 0 Å². The van der Waals surface area contributed by atoms with E-state index in [-0.39, 0.29) is 42.9 Å². The second-order valence-corrected chi connectivity index (χ2v) is 7.48. The van der Waals surface area contributed by atoms with E-state index in [4.69, 9.17) is 10.5 Å². The third kappa shape index (κ3) is 7.17. The van der Waals surface area contributed by atoms with Crippen LogP contribution < -0.4 is 11.1 Å². The van der Waals surface area contributed by atoms with Gasteiger partial charge in [-0.1, -0.05) is 30.3 Å². The summed E-state index contributed by atoms with van der Waals surface area (Å²) in [5.74, 6) is 0.499. The Morgan fingerprint density at radius 1 is 1.18 bits per heavy atom. The van der Waals surface area contributed by atoms with E-state index >= 15 is 0 Å². The summed E-state index contributed by atoms with van der Waals surface area (Å²) in [5.41, 5.74) is 6.56. The van der Waals surface area contributed by atoms with Crippen molar-refractivity contribution in [1.29, 1.82) is 0 Å². The number of benzene rings is 1. The van der Waals surface area contributed by atoms with Gasteiger partial charge in [0.1, 0.15) is 6.10 Å². The standard InChI is InChI=1S/C20H31N3O3.2ClH/c21-12-17-6-7-19(26-17)20(25)22-13-15-8-10-23(11-9-15)14-18(24)16-4-2-1-3-5-16;;/h1-5,15,17-19,24H,6-14,21H2,(H,22,25);2*1H/t17-,18?,19+;;/m1../s1. The molecular formula is C20H33Cl2N3O3. The number of amides is 1. The molecule has 8 heteroatoms. The molecular weight excluding hydrogens is 401 g/mol. The number of rotatable bonds is 7. The van der Waals surface area contributed by atoms with Gasteiger partial charge in [0.05, 0.1) is 12.2 Å². The minimum atomic E-state index is -0.442. The first-order chi connectivity index (χ1) is 12.7. The van der Waals surface area contributed by atoms with Crippen LogP contribution in [0.15, 0.2) is 30.3 Å². The number of ether oxygens (including phenoxy) is 1. The number of hydrogen-bond donors (Lipinski definition) is 3. The Hall–Kier alpha value is -0.890. The van der Waals surface area contributed by atoms with Crippen LogP contribution in [0.1, 0.15) is 37.4 Å². The molecule has 0 radical (unpaired) electrons. The van der Waals surface area contributed by atoms with Crippen LogP contribution in [0, 0.1) is 5.92 Å². The predicted molar refractivity (Wildman–Crippen MR) is 115 cm³/mol. The highest BCUT2D eigenvalue weighted by Crippen LogP contribution is 2.22. The molecule has 6 nitrogen and oxygen atoms in total. The van der Waals surface area contributed by atoms with Gasteiger partial charge in [0.15, 0.2) is 0 Å². The topological polar surface area (TPSA) is 87.8 Å². The van der Waals surface area contributed by atoms with Gasteiger partial charge in [0.2, 0.25) is 5.91 Å². The fraction of sp³-hybridized carbons (Fsp3) is 0.650. The highest BCUT2D eigenvalue weighted by Gasteiger charge is 2.30. The lowest BCUT2D eigenvalue weighted by Crippen LogP contribution is -2.42. The molecule has 2 heterocycles. The monoisotopic (exact) mass is 433 g/mol. The second kappa shape index (κ2) is 12.6. The Kier molecular flexibility index (Phi) is 11.3. The predicted octanol–water partition coefficient (Wildman–Crippen LogP) is 1.90. The van der Waals surface area contributed by atoms with Crippen LogP contribution in [0.4, 0.5) is 0 Å². The Morgan fingerprint density at radius 2 is 1.86 bits per heavy atom. The molecule has 2 aliphatic heterocycles. The average Bonchev–Trinajstić information content (AvgIpc) is 3.17. The number of hydrogen-bond acceptors (Lipinski definition) is 5. The van der Waals surface area contributed by atoms with Crippen LogP contribution >= 0.6 is 24.8 Å². The molecule has 1 aromatic carbocycles. The molecule has 0 saturated carbocycles. The Morgan fingerprint density at radius 3 is 2.46 bits per heavy atom. The van der Waals surface area contributed by atoms with Gasteiger partial charge in [-0.15, -0.1) is 24.8 Å². The largest absolute Gasteiger partial charge is 0.387 e. The van der Waals surface area contributed by atoms with Crippen LogP contribution in [0.2, 0.25) is 0 Å². The zero-order valence-corrected chi connectivity index (χ0v) is 17.8. The number of piperidine rings is 1. The van der Waals surface area contributed by atoms with Crippen molar-refractivity contribution in [2.75, 3.05) is 32.7 Å². The smallest absolute Gasteiger partial charge is 0.249 e. The summed E-state index contributed by atoms with van der Waals surface area (Å²) in [6.45, 7) is 3.77. The number of nitrogens with two attached hydrogens (primary N) is 1. The number of aliphatic hydroxyl groups excluding tert-OH is 1. The van der Waals surface area contributed by atoms with E-state index in [1.54, 1.807) is 0 Å². The van der Waals surface area contributed by atoms with Crippen LogP contribution in [-0.4, -0.2) is 60.8 Å². The summed E-state index contributed by atoms with van der Waals surface area (Å²) in [7, 11) is 0. The third-order valence-electron chi connectivity index (χ3n) is 5.55. The molecule has 1 unspecified atom stereocenters. The van der Waals surface area contributed by atoms with Gasteiger partial charge in [-0.2, -0.15) is 0 Å². The van der Waals surface area contributed by atoms with Crippen molar-refractivity contribution in [3.05, 3.63) is 35.9 Å². The Bertz CT molecular complexity index is 571. The van der Waals surface area contributed by atoms with Crippen molar-refractivity contribution < 1.29 is 14.6 Å². The molecule has 2 fully saturated rings. The molecule has 2 aliphatic rings. The minimum absolute atomic E-state index is 0. The highest BCUT2D eigenvalue weighted by molar-refractivity contribution is 5.85. The lowest BCUT2D eigenvalue weighted by Gasteiger charge is -2.33. The summed E-state index contributed by atoms with van der Waals surface area (Å²) in [5, 5.41) is 13.4. The third-order valence-corrected chi connectivity index (χ3v) is 5.55. The lowest BCUT2D eigenvalue weighted by atomic mass is 9.96. The zero-order chi connectivity index (χ0) is 18.4. The Labute approximate surface area is 180 Å². The quantitative estimate of drug-likeness (QED) is 0.610.